The molecular formula is C24H37N3O2. The largest absolute Gasteiger partial charge is 0.494 e. The molecule has 5 heteroatoms. The number of piperidine rings is 3. The van der Waals surface area contributed by atoms with E-state index < -0.39 is 0 Å². The molecule has 160 valence electrons. The lowest BCUT2D eigenvalue weighted by Gasteiger charge is -2.57. The van der Waals surface area contributed by atoms with Gasteiger partial charge in [0, 0.05) is 38.1 Å². The topological polar surface area (TPSA) is 36.0 Å². The Bertz CT molecular complexity index is 665. The van der Waals surface area contributed by atoms with Crippen molar-refractivity contribution >= 4 is 5.91 Å². The number of para-hydroxylation sites is 1. The Kier molecular flexibility index (Phi) is 6.76. The molecule has 0 aromatic heterocycles. The van der Waals surface area contributed by atoms with Gasteiger partial charge < -0.3 is 14.5 Å². The summed E-state index contributed by atoms with van der Waals surface area (Å²) >= 11 is 0. The average Bonchev–Trinajstić information content (AvgIpc) is 2.74. The van der Waals surface area contributed by atoms with Crippen LogP contribution >= 0.6 is 0 Å². The lowest BCUT2D eigenvalue weighted by Crippen LogP contribution is -2.65. The summed E-state index contributed by atoms with van der Waals surface area (Å²) < 4.78 is 5.77. The van der Waals surface area contributed by atoms with Gasteiger partial charge in [0.15, 0.2) is 0 Å². The van der Waals surface area contributed by atoms with E-state index in [9.17, 15) is 4.79 Å². The number of hydrogen-bond acceptors (Lipinski definition) is 4. The van der Waals surface area contributed by atoms with E-state index in [4.69, 9.17) is 4.74 Å². The summed E-state index contributed by atoms with van der Waals surface area (Å²) in [7, 11) is 4.37. The smallest absolute Gasteiger partial charge is 0.222 e. The molecule has 0 spiro atoms. The van der Waals surface area contributed by atoms with E-state index in [-0.39, 0.29) is 0 Å². The molecule has 0 N–H and O–H groups in total. The highest BCUT2D eigenvalue weighted by molar-refractivity contribution is 5.76. The number of fused-ring (bicyclic) bond motifs is 4. The Morgan fingerprint density at radius 1 is 1.14 bits per heavy atom. The number of amides is 1. The molecule has 0 unspecified atom stereocenters. The second kappa shape index (κ2) is 9.48. The first-order chi connectivity index (χ1) is 14.1. The fourth-order valence-corrected chi connectivity index (χ4v) is 5.82. The highest BCUT2D eigenvalue weighted by Crippen LogP contribution is 2.41. The van der Waals surface area contributed by atoms with E-state index in [2.05, 4.69) is 28.8 Å². The number of rotatable bonds is 7. The predicted octanol–water partition coefficient (Wildman–Crippen LogP) is 3.11. The summed E-state index contributed by atoms with van der Waals surface area (Å²) in [6, 6.07) is 11.2. The Labute approximate surface area is 176 Å². The third kappa shape index (κ3) is 4.95. The fourth-order valence-electron chi connectivity index (χ4n) is 5.82. The highest BCUT2D eigenvalue weighted by Gasteiger charge is 2.47. The molecule has 3 heterocycles. The number of hydrogen-bond donors (Lipinski definition) is 0. The molecule has 5 nitrogen and oxygen atoms in total. The summed E-state index contributed by atoms with van der Waals surface area (Å²) in [6.07, 6.45) is 6.69. The van der Waals surface area contributed by atoms with Gasteiger partial charge >= 0.3 is 0 Å². The number of likely N-dealkylation sites (tertiary alicyclic amines) is 1. The van der Waals surface area contributed by atoms with Crippen LogP contribution < -0.4 is 4.74 Å². The molecule has 4 rings (SSSR count). The minimum absolute atomic E-state index is 0.323. The van der Waals surface area contributed by atoms with Gasteiger partial charge in [-0.2, -0.15) is 0 Å². The van der Waals surface area contributed by atoms with E-state index >= 15 is 0 Å². The van der Waals surface area contributed by atoms with Gasteiger partial charge in [-0.15, -0.1) is 0 Å². The maximum absolute atomic E-state index is 13.0. The van der Waals surface area contributed by atoms with Gasteiger partial charge in [-0.05, 0) is 70.3 Å². The van der Waals surface area contributed by atoms with Crippen LogP contribution in [0.3, 0.4) is 0 Å². The van der Waals surface area contributed by atoms with Crippen LogP contribution in [0.5, 0.6) is 5.75 Å². The van der Waals surface area contributed by atoms with Crippen molar-refractivity contribution in [1.82, 2.24) is 14.7 Å². The summed E-state index contributed by atoms with van der Waals surface area (Å²) in [5.74, 6) is 2.49. The highest BCUT2D eigenvalue weighted by atomic mass is 16.5. The third-order valence-corrected chi connectivity index (χ3v) is 7.07. The van der Waals surface area contributed by atoms with Crippen LogP contribution in [0.2, 0.25) is 0 Å². The Morgan fingerprint density at radius 2 is 1.93 bits per heavy atom. The van der Waals surface area contributed by atoms with E-state index in [1.54, 1.807) is 0 Å². The average molecular weight is 400 g/mol. The monoisotopic (exact) mass is 399 g/mol. The maximum Gasteiger partial charge on any atom is 0.222 e. The number of ether oxygens (including phenoxy) is 1. The fraction of sp³-hybridized carbons (Fsp3) is 0.708. The molecule has 3 aliphatic rings. The molecule has 29 heavy (non-hydrogen) atoms. The lowest BCUT2D eigenvalue weighted by atomic mass is 9.72. The van der Waals surface area contributed by atoms with Gasteiger partial charge in [0.25, 0.3) is 0 Å². The van der Waals surface area contributed by atoms with E-state index in [1.165, 1.54) is 32.2 Å². The molecule has 0 radical (unpaired) electrons. The first kappa shape index (κ1) is 20.7. The first-order valence-corrected chi connectivity index (χ1v) is 11.5. The van der Waals surface area contributed by atoms with Gasteiger partial charge in [0.2, 0.25) is 5.91 Å². The molecule has 1 amide bonds. The van der Waals surface area contributed by atoms with Crippen molar-refractivity contribution in [3.63, 3.8) is 0 Å². The summed E-state index contributed by atoms with van der Waals surface area (Å²) in [4.78, 5) is 20.3. The Hall–Kier alpha value is -1.59. The molecule has 1 aromatic carbocycles. The second-order valence-corrected chi connectivity index (χ2v) is 9.45. The molecule has 2 bridgehead atoms. The van der Waals surface area contributed by atoms with Crippen LogP contribution in [0, 0.1) is 11.8 Å². The minimum atomic E-state index is 0.323. The van der Waals surface area contributed by atoms with Gasteiger partial charge in [-0.3, -0.25) is 9.69 Å². The lowest BCUT2D eigenvalue weighted by molar-refractivity contribution is -0.141. The van der Waals surface area contributed by atoms with Gasteiger partial charge in [-0.1, -0.05) is 24.6 Å². The van der Waals surface area contributed by atoms with Crippen molar-refractivity contribution in [2.45, 2.75) is 50.6 Å². The number of nitrogens with zero attached hydrogens (tertiary/aromatic N) is 3. The number of carbonyl (C=O) groups is 1. The summed E-state index contributed by atoms with van der Waals surface area (Å²) in [5.41, 5.74) is 0. The van der Waals surface area contributed by atoms with Crippen LogP contribution in [-0.2, 0) is 4.79 Å². The minimum Gasteiger partial charge on any atom is -0.494 e. The number of carbonyl (C=O) groups excluding carboxylic acids is 1. The van der Waals surface area contributed by atoms with Crippen LogP contribution in [0.15, 0.2) is 30.3 Å². The molecule has 0 saturated carbocycles. The summed E-state index contributed by atoms with van der Waals surface area (Å²) in [5, 5.41) is 0. The van der Waals surface area contributed by atoms with E-state index in [0.29, 0.717) is 42.9 Å². The Morgan fingerprint density at radius 3 is 2.72 bits per heavy atom. The molecule has 4 atom stereocenters. The van der Waals surface area contributed by atoms with Gasteiger partial charge in [-0.25, -0.2) is 0 Å². The van der Waals surface area contributed by atoms with Crippen LogP contribution in [0.25, 0.3) is 0 Å². The number of benzene rings is 1. The summed E-state index contributed by atoms with van der Waals surface area (Å²) in [6.45, 7) is 4.87. The number of likely N-dealkylation sites (N-methyl/N-ethyl adjacent to an activating group) is 1. The van der Waals surface area contributed by atoms with Crippen LogP contribution in [-0.4, -0.2) is 79.6 Å². The van der Waals surface area contributed by atoms with Crippen molar-refractivity contribution in [2.24, 2.45) is 11.8 Å². The molecule has 3 fully saturated rings. The third-order valence-electron chi connectivity index (χ3n) is 7.07. The molecule has 1 aromatic rings. The maximum atomic E-state index is 13.0. The molecule has 3 aliphatic heterocycles. The zero-order valence-electron chi connectivity index (χ0n) is 18.1. The van der Waals surface area contributed by atoms with E-state index in [0.717, 1.165) is 31.8 Å². The SMILES string of the molecule is CN(C)C[C@H]1[C@H]2C[C@H](CN(C(=O)CCCOc3ccccc3)C2)[C@@H]2CCCCN21. The second-order valence-electron chi connectivity index (χ2n) is 9.45. The van der Waals surface area contributed by atoms with Crippen LogP contribution in [0.1, 0.15) is 38.5 Å². The quantitative estimate of drug-likeness (QED) is 0.660. The van der Waals surface area contributed by atoms with Crippen molar-refractivity contribution in [1.29, 1.82) is 0 Å². The standard InChI is InChI=1S/C24H37N3O2/c1-25(2)18-23-20-15-19(22-11-6-7-13-27(22)23)16-26(17-20)24(28)12-8-14-29-21-9-4-3-5-10-21/h3-5,9-10,19-20,22-23H,6-8,11-18H2,1-2H3/t19-,20+,22+,23+/m1/s1. The van der Waals surface area contributed by atoms with Crippen molar-refractivity contribution in [3.05, 3.63) is 30.3 Å². The van der Waals surface area contributed by atoms with Crippen molar-refractivity contribution in [2.75, 3.05) is 46.9 Å². The van der Waals surface area contributed by atoms with Crippen LogP contribution in [0.4, 0.5) is 0 Å². The molecular weight excluding hydrogens is 362 g/mol. The zero-order chi connectivity index (χ0) is 20.2. The van der Waals surface area contributed by atoms with E-state index in [1.807, 2.05) is 30.3 Å². The van der Waals surface area contributed by atoms with Gasteiger partial charge in [0.05, 0.1) is 6.61 Å². The predicted molar refractivity (Wildman–Crippen MR) is 116 cm³/mol. The molecule has 0 aliphatic carbocycles. The first-order valence-electron chi connectivity index (χ1n) is 11.5. The zero-order valence-corrected chi connectivity index (χ0v) is 18.1. The van der Waals surface area contributed by atoms with Crippen molar-refractivity contribution < 1.29 is 9.53 Å². The van der Waals surface area contributed by atoms with Gasteiger partial charge in [0.1, 0.15) is 5.75 Å². The van der Waals surface area contributed by atoms with Crippen molar-refractivity contribution in [3.8, 4) is 5.75 Å². The normalized spacial score (nSPS) is 29.6. The Balaban J connectivity index is 1.33. The molecule has 3 saturated heterocycles.